The Kier molecular flexibility index (Phi) is 10.8. The van der Waals surface area contributed by atoms with Gasteiger partial charge in [0.05, 0.1) is 6.20 Å². The number of thioether (sulfide) groups is 1. The maximum atomic E-state index is 9.88. The lowest BCUT2D eigenvalue weighted by atomic mass is 9.48. The number of hydrogen-bond donors (Lipinski definition) is 3. The molecule has 5 aliphatic rings. The number of pyridine rings is 1. The third-order valence-electron chi connectivity index (χ3n) is 12.3. The second kappa shape index (κ2) is 14.6. The molecule has 0 radical (unpaired) electrons. The number of aromatic nitrogens is 3. The van der Waals surface area contributed by atoms with Gasteiger partial charge in [-0.15, -0.1) is 11.8 Å². The third kappa shape index (κ3) is 8.22. The van der Waals surface area contributed by atoms with E-state index in [9.17, 15) is 5.26 Å². The molecule has 5 fully saturated rings. The molecule has 0 aromatic carbocycles. The molecule has 0 aliphatic heterocycles. The summed E-state index contributed by atoms with van der Waals surface area (Å²) in [6.07, 6.45) is 15.6. The van der Waals surface area contributed by atoms with Crippen molar-refractivity contribution in [3.05, 3.63) is 35.7 Å². The van der Waals surface area contributed by atoms with Crippen molar-refractivity contribution < 1.29 is 4.43 Å². The highest BCUT2D eigenvalue weighted by Gasteiger charge is 2.55. The van der Waals surface area contributed by atoms with Gasteiger partial charge < -0.3 is 20.4 Å². The topological polar surface area (TPSA) is 108 Å². The average Bonchev–Trinajstić information content (AvgIpc) is 3.02. The van der Waals surface area contributed by atoms with Crippen LogP contribution >= 0.6 is 11.8 Å². The standard InChI is InChI=1S/C38H59N7OSSi/c1-25(2)47-35-28(9-8-14-40-35)22-42-36-43-23-31(20-39)34(45-36)44-24-38-17-27-15-29(18-38)33(30(16-27)19-38)41-21-26-10-12-32(13-11-26)46-48(6,7)37(3,4)5/h8-9,14,23,25-27,29-30,32-33,41H,10-13,15-19,21-22,24H2,1-7H3,(H2,42,43,44,45)/t26-,27?,29-,30+,32-,33-,38-. The van der Waals surface area contributed by atoms with Gasteiger partial charge in [-0.1, -0.05) is 40.7 Å². The number of rotatable bonds is 13. The van der Waals surface area contributed by atoms with Gasteiger partial charge in [-0.3, -0.25) is 0 Å². The van der Waals surface area contributed by atoms with Gasteiger partial charge in [0.1, 0.15) is 22.5 Å². The number of hydrogen-bond acceptors (Lipinski definition) is 9. The van der Waals surface area contributed by atoms with Crippen LogP contribution in [0.2, 0.25) is 18.1 Å². The third-order valence-corrected chi connectivity index (χ3v) is 17.9. The van der Waals surface area contributed by atoms with Gasteiger partial charge in [0, 0.05) is 42.2 Å². The molecule has 262 valence electrons. The Morgan fingerprint density at radius 3 is 2.46 bits per heavy atom. The van der Waals surface area contributed by atoms with Gasteiger partial charge in [-0.05, 0) is 118 Å². The zero-order valence-corrected chi connectivity index (χ0v) is 32.3. The highest BCUT2D eigenvalue weighted by Crippen LogP contribution is 2.60. The van der Waals surface area contributed by atoms with Crippen LogP contribution in [0.1, 0.15) is 104 Å². The van der Waals surface area contributed by atoms with Crippen LogP contribution in [0.3, 0.4) is 0 Å². The zero-order chi connectivity index (χ0) is 34.1. The Morgan fingerprint density at radius 2 is 1.79 bits per heavy atom. The molecular weight excluding hydrogens is 631 g/mol. The zero-order valence-electron chi connectivity index (χ0n) is 30.4. The second-order valence-corrected chi connectivity index (χ2v) is 23.7. The first-order valence-electron chi connectivity index (χ1n) is 18.6. The van der Waals surface area contributed by atoms with Crippen LogP contribution in [0.15, 0.2) is 29.6 Å². The van der Waals surface area contributed by atoms with Crippen molar-refractivity contribution in [2.45, 2.75) is 140 Å². The molecule has 5 atom stereocenters. The minimum Gasteiger partial charge on any atom is -0.414 e. The van der Waals surface area contributed by atoms with Crippen molar-refractivity contribution in [3.63, 3.8) is 0 Å². The van der Waals surface area contributed by atoms with Crippen LogP contribution in [-0.2, 0) is 11.0 Å². The van der Waals surface area contributed by atoms with E-state index in [0.29, 0.717) is 41.3 Å². The molecule has 5 aliphatic carbocycles. The van der Waals surface area contributed by atoms with Crippen molar-refractivity contribution in [1.82, 2.24) is 20.3 Å². The van der Waals surface area contributed by atoms with E-state index in [-0.39, 0.29) is 10.5 Å². The van der Waals surface area contributed by atoms with Crippen LogP contribution in [0.25, 0.3) is 0 Å². The van der Waals surface area contributed by atoms with E-state index in [1.54, 1.807) is 18.0 Å². The summed E-state index contributed by atoms with van der Waals surface area (Å²) in [6, 6.07) is 7.04. The van der Waals surface area contributed by atoms with Crippen LogP contribution in [-0.4, -0.2) is 53.8 Å². The Bertz CT molecular complexity index is 1430. The number of nitrogens with one attached hydrogen (secondary N) is 3. The predicted octanol–water partition coefficient (Wildman–Crippen LogP) is 8.63. The Hall–Kier alpha value is -2.19. The fourth-order valence-electron chi connectivity index (χ4n) is 9.11. The summed E-state index contributed by atoms with van der Waals surface area (Å²) in [5.74, 6) is 4.31. The average molecular weight is 690 g/mol. The normalized spacial score (nSPS) is 30.0. The molecule has 2 aromatic rings. The molecule has 3 N–H and O–H groups in total. The van der Waals surface area contributed by atoms with Crippen molar-refractivity contribution in [3.8, 4) is 6.07 Å². The summed E-state index contributed by atoms with van der Waals surface area (Å²) in [4.78, 5) is 13.8. The molecule has 0 spiro atoms. The Labute approximate surface area is 294 Å². The summed E-state index contributed by atoms with van der Waals surface area (Å²) >= 11 is 1.76. The number of anilines is 2. The SMILES string of the molecule is CC(C)Sc1ncccc1CNc1ncc(C#N)c(NC[C@]23CC4C[C@H](C2)[C@@H](NC[C@H]2CC[C@H](O[Si](C)(C)C(C)(C)C)CC2)[C@@H](C4)C3)n1. The van der Waals surface area contributed by atoms with Crippen LogP contribution < -0.4 is 16.0 Å². The Balaban J connectivity index is 1.02. The van der Waals surface area contributed by atoms with Crippen molar-refractivity contribution in [1.29, 1.82) is 5.26 Å². The molecule has 48 heavy (non-hydrogen) atoms. The second-order valence-electron chi connectivity index (χ2n) is 17.3. The fraction of sp³-hybridized carbons (Fsp3) is 0.737. The molecule has 5 saturated carbocycles. The molecule has 1 unspecified atom stereocenters. The molecule has 10 heteroatoms. The summed E-state index contributed by atoms with van der Waals surface area (Å²) < 4.78 is 6.78. The molecule has 2 heterocycles. The highest BCUT2D eigenvalue weighted by molar-refractivity contribution is 7.99. The lowest BCUT2D eigenvalue weighted by molar-refractivity contribution is -0.0704. The minimum atomic E-state index is -1.69. The first-order valence-corrected chi connectivity index (χ1v) is 22.4. The molecule has 0 saturated heterocycles. The fourth-order valence-corrected chi connectivity index (χ4v) is 11.4. The van der Waals surface area contributed by atoms with Gasteiger partial charge in [-0.2, -0.15) is 10.2 Å². The molecule has 2 aromatic heterocycles. The van der Waals surface area contributed by atoms with Crippen LogP contribution in [0.5, 0.6) is 0 Å². The van der Waals surface area contributed by atoms with Crippen molar-refractivity contribution in [2.24, 2.45) is 29.1 Å². The van der Waals surface area contributed by atoms with E-state index in [4.69, 9.17) is 9.41 Å². The van der Waals surface area contributed by atoms with Crippen molar-refractivity contribution in [2.75, 3.05) is 23.7 Å². The number of nitriles is 1. The number of nitrogens with zero attached hydrogens (tertiary/aromatic N) is 4. The lowest BCUT2D eigenvalue weighted by Crippen LogP contribution is -2.60. The minimum absolute atomic E-state index is 0.280. The smallest absolute Gasteiger partial charge is 0.224 e. The highest BCUT2D eigenvalue weighted by atomic mass is 32.2. The molecule has 8 nitrogen and oxygen atoms in total. The van der Waals surface area contributed by atoms with E-state index >= 15 is 0 Å². The van der Waals surface area contributed by atoms with E-state index in [0.717, 1.165) is 40.8 Å². The van der Waals surface area contributed by atoms with Gasteiger partial charge in [0.2, 0.25) is 5.95 Å². The maximum absolute atomic E-state index is 9.88. The lowest BCUT2D eigenvalue weighted by Gasteiger charge is -2.60. The molecular formula is C38H59N7OSSi. The summed E-state index contributed by atoms with van der Waals surface area (Å²) in [5.41, 5.74) is 1.92. The summed E-state index contributed by atoms with van der Waals surface area (Å²) in [6.45, 7) is 18.8. The molecule has 7 rings (SSSR count). The quantitative estimate of drug-likeness (QED) is 0.141. The van der Waals surface area contributed by atoms with Gasteiger partial charge in [0.25, 0.3) is 0 Å². The van der Waals surface area contributed by atoms with Crippen LogP contribution in [0, 0.1) is 40.4 Å². The van der Waals surface area contributed by atoms with E-state index in [1.807, 2.05) is 12.3 Å². The van der Waals surface area contributed by atoms with Gasteiger partial charge >= 0.3 is 0 Å². The van der Waals surface area contributed by atoms with E-state index < -0.39 is 8.32 Å². The van der Waals surface area contributed by atoms with E-state index in [1.165, 1.54) is 64.3 Å². The molecule has 0 amide bonds. The maximum Gasteiger partial charge on any atom is 0.224 e. The summed E-state index contributed by atoms with van der Waals surface area (Å²) in [5, 5.41) is 22.8. The first-order chi connectivity index (χ1) is 22.8. The van der Waals surface area contributed by atoms with Gasteiger partial charge in [0.15, 0.2) is 8.32 Å². The predicted molar refractivity (Wildman–Crippen MR) is 200 cm³/mol. The Morgan fingerprint density at radius 1 is 1.06 bits per heavy atom. The van der Waals surface area contributed by atoms with Crippen molar-refractivity contribution >= 4 is 31.8 Å². The van der Waals surface area contributed by atoms with E-state index in [2.05, 4.69) is 85.8 Å². The monoisotopic (exact) mass is 689 g/mol. The van der Waals surface area contributed by atoms with Crippen LogP contribution in [0.4, 0.5) is 11.8 Å². The molecule has 4 bridgehead atoms. The first kappa shape index (κ1) is 35.6. The van der Waals surface area contributed by atoms with Gasteiger partial charge in [-0.25, -0.2) is 9.97 Å². The summed E-state index contributed by atoms with van der Waals surface area (Å²) in [7, 11) is -1.69. The largest absolute Gasteiger partial charge is 0.414 e.